The van der Waals surface area contributed by atoms with Gasteiger partial charge in [0.2, 0.25) is 0 Å². The molecule has 1 aromatic carbocycles. The summed E-state index contributed by atoms with van der Waals surface area (Å²) in [7, 11) is 1.93. The molecule has 6 nitrogen and oxygen atoms in total. The molecule has 3 aromatic rings. The van der Waals surface area contributed by atoms with Gasteiger partial charge in [0.1, 0.15) is 0 Å². The monoisotopic (exact) mass is 290 g/mol. The molecule has 0 aliphatic carbocycles. The van der Waals surface area contributed by atoms with E-state index in [2.05, 4.69) is 9.97 Å². The van der Waals surface area contributed by atoms with Crippen LogP contribution < -0.4 is 16.4 Å². The summed E-state index contributed by atoms with van der Waals surface area (Å²) in [6.07, 6.45) is 0. The lowest BCUT2D eigenvalue weighted by atomic mass is 10.2. The average Bonchev–Trinajstić information content (AvgIpc) is 2.93. The topological polar surface area (TPSA) is 88.2 Å². The van der Waals surface area contributed by atoms with Crippen molar-refractivity contribution in [2.24, 2.45) is 0 Å². The highest BCUT2D eigenvalue weighted by Gasteiger charge is 2.11. The highest BCUT2D eigenvalue weighted by molar-refractivity contribution is 7.09. The van der Waals surface area contributed by atoms with Gasteiger partial charge in [-0.1, -0.05) is 0 Å². The van der Waals surface area contributed by atoms with Gasteiger partial charge in [-0.05, 0) is 13.0 Å². The summed E-state index contributed by atoms with van der Waals surface area (Å²) in [5, 5.41) is 3.07. The summed E-state index contributed by atoms with van der Waals surface area (Å²) in [5.74, 6) is -0.477. The van der Waals surface area contributed by atoms with E-state index < -0.39 is 5.76 Å². The Labute approximate surface area is 118 Å². The van der Waals surface area contributed by atoms with Gasteiger partial charge in [-0.25, -0.2) is 9.78 Å². The number of oxazole rings is 1. The van der Waals surface area contributed by atoms with E-state index in [1.165, 1.54) is 0 Å². The Hall–Kier alpha value is -2.28. The normalized spacial score (nSPS) is 11.1. The number of aromatic nitrogens is 2. The molecule has 0 unspecified atom stereocenters. The van der Waals surface area contributed by atoms with Crippen LogP contribution in [0.3, 0.4) is 0 Å². The number of hydrogen-bond donors (Lipinski definition) is 2. The second kappa shape index (κ2) is 4.68. The van der Waals surface area contributed by atoms with Crippen LogP contribution in [0.25, 0.3) is 11.1 Å². The van der Waals surface area contributed by atoms with E-state index in [0.717, 1.165) is 16.4 Å². The van der Waals surface area contributed by atoms with Gasteiger partial charge in [0, 0.05) is 18.5 Å². The van der Waals surface area contributed by atoms with Gasteiger partial charge in [0.15, 0.2) is 5.58 Å². The Morgan fingerprint density at radius 1 is 1.50 bits per heavy atom. The van der Waals surface area contributed by atoms with Crippen LogP contribution >= 0.6 is 11.3 Å². The van der Waals surface area contributed by atoms with Crippen LogP contribution in [-0.4, -0.2) is 17.0 Å². The minimum Gasteiger partial charge on any atom is -0.408 e. The van der Waals surface area contributed by atoms with Crippen LogP contribution in [0, 0.1) is 6.92 Å². The van der Waals surface area contributed by atoms with Crippen molar-refractivity contribution in [3.05, 3.63) is 38.8 Å². The van der Waals surface area contributed by atoms with Crippen molar-refractivity contribution < 1.29 is 4.42 Å². The minimum atomic E-state index is -0.477. The Bertz CT molecular complexity index is 817. The van der Waals surface area contributed by atoms with Crippen LogP contribution in [0.4, 0.5) is 11.4 Å². The molecule has 0 bridgehead atoms. The fraction of sp³-hybridized carbons (Fsp3) is 0.231. The molecule has 0 fully saturated rings. The van der Waals surface area contributed by atoms with Gasteiger partial charge in [0.05, 0.1) is 34.1 Å². The standard InChI is InChI=1S/C13H14N4O2S/c1-7-15-8(6-20-7)5-17(2)11-4-10-12(3-9(11)14)19-13(18)16-10/h3-4,6H,5,14H2,1-2H3,(H,16,18). The van der Waals surface area contributed by atoms with Crippen LogP contribution in [0.15, 0.2) is 26.7 Å². The zero-order valence-electron chi connectivity index (χ0n) is 11.1. The maximum Gasteiger partial charge on any atom is 0.417 e. The van der Waals surface area contributed by atoms with Gasteiger partial charge in [-0.3, -0.25) is 4.98 Å². The largest absolute Gasteiger partial charge is 0.417 e. The van der Waals surface area contributed by atoms with Crippen molar-refractivity contribution >= 4 is 33.8 Å². The second-order valence-corrected chi connectivity index (χ2v) is 5.70. The molecule has 0 aliphatic heterocycles. The lowest BCUT2D eigenvalue weighted by molar-refractivity contribution is 0.555. The number of H-pyrrole nitrogens is 1. The molecule has 20 heavy (non-hydrogen) atoms. The molecule has 2 aromatic heterocycles. The summed E-state index contributed by atoms with van der Waals surface area (Å²) in [6, 6.07) is 3.47. The summed E-state index contributed by atoms with van der Waals surface area (Å²) >= 11 is 1.62. The van der Waals surface area contributed by atoms with Crippen molar-refractivity contribution in [2.45, 2.75) is 13.5 Å². The number of anilines is 2. The quantitative estimate of drug-likeness (QED) is 0.721. The van der Waals surface area contributed by atoms with Gasteiger partial charge >= 0.3 is 5.76 Å². The lowest BCUT2D eigenvalue weighted by Crippen LogP contribution is -2.18. The van der Waals surface area contributed by atoms with Crippen molar-refractivity contribution in [3.63, 3.8) is 0 Å². The van der Waals surface area contributed by atoms with Gasteiger partial charge in [-0.15, -0.1) is 11.3 Å². The molecule has 0 aliphatic rings. The van der Waals surface area contributed by atoms with Gasteiger partial charge in [-0.2, -0.15) is 0 Å². The molecule has 3 rings (SSSR count). The van der Waals surface area contributed by atoms with E-state index in [1.807, 2.05) is 30.3 Å². The maximum atomic E-state index is 11.2. The first-order valence-corrected chi connectivity index (χ1v) is 6.95. The molecule has 104 valence electrons. The average molecular weight is 290 g/mol. The van der Waals surface area contributed by atoms with E-state index in [0.29, 0.717) is 23.3 Å². The predicted octanol–water partition coefficient (Wildman–Crippen LogP) is 2.10. The number of hydrogen-bond acceptors (Lipinski definition) is 6. The van der Waals surface area contributed by atoms with E-state index in [-0.39, 0.29) is 0 Å². The third kappa shape index (κ3) is 2.27. The zero-order valence-corrected chi connectivity index (χ0v) is 12.0. The summed E-state index contributed by atoms with van der Waals surface area (Å²) in [6.45, 7) is 2.63. The molecule has 3 N–H and O–H groups in total. The first-order valence-electron chi connectivity index (χ1n) is 6.07. The smallest absolute Gasteiger partial charge is 0.408 e. The molecule has 0 spiro atoms. The number of nitrogens with zero attached hydrogens (tertiary/aromatic N) is 2. The highest BCUT2D eigenvalue weighted by Crippen LogP contribution is 2.28. The predicted molar refractivity (Wildman–Crippen MR) is 80.2 cm³/mol. The second-order valence-electron chi connectivity index (χ2n) is 4.64. The number of nitrogen functional groups attached to an aromatic ring is 1. The van der Waals surface area contributed by atoms with E-state index in [1.54, 1.807) is 17.4 Å². The Morgan fingerprint density at radius 3 is 3.00 bits per heavy atom. The van der Waals surface area contributed by atoms with Gasteiger partial charge < -0.3 is 15.1 Å². The number of fused-ring (bicyclic) bond motifs is 1. The Morgan fingerprint density at radius 2 is 2.30 bits per heavy atom. The summed E-state index contributed by atoms with van der Waals surface area (Å²) in [5.41, 5.74) is 9.52. The third-order valence-corrected chi connectivity index (χ3v) is 3.87. The molecule has 0 atom stereocenters. The number of aryl methyl sites for hydroxylation is 1. The van der Waals surface area contributed by atoms with Gasteiger partial charge in [0.25, 0.3) is 0 Å². The van der Waals surface area contributed by atoms with E-state index in [9.17, 15) is 4.79 Å². The fourth-order valence-electron chi connectivity index (χ4n) is 2.14. The van der Waals surface area contributed by atoms with Crippen LogP contribution in [0.1, 0.15) is 10.7 Å². The Balaban J connectivity index is 1.95. The molecule has 2 heterocycles. The number of thiazole rings is 1. The molecule has 7 heteroatoms. The number of nitrogens with one attached hydrogen (secondary N) is 1. The highest BCUT2D eigenvalue weighted by atomic mass is 32.1. The molecular formula is C13H14N4O2S. The van der Waals surface area contributed by atoms with E-state index in [4.69, 9.17) is 10.2 Å². The maximum absolute atomic E-state index is 11.2. The number of benzene rings is 1. The van der Waals surface area contributed by atoms with E-state index >= 15 is 0 Å². The fourth-order valence-corrected chi connectivity index (χ4v) is 2.74. The Kier molecular flexibility index (Phi) is 2.98. The molecular weight excluding hydrogens is 276 g/mol. The summed E-state index contributed by atoms with van der Waals surface area (Å²) in [4.78, 5) is 20.2. The van der Waals surface area contributed by atoms with Crippen molar-refractivity contribution in [2.75, 3.05) is 17.7 Å². The first-order chi connectivity index (χ1) is 9.52. The molecule has 0 saturated carbocycles. The zero-order chi connectivity index (χ0) is 14.3. The molecule has 0 saturated heterocycles. The van der Waals surface area contributed by atoms with Crippen molar-refractivity contribution in [3.8, 4) is 0 Å². The third-order valence-electron chi connectivity index (χ3n) is 3.05. The van der Waals surface area contributed by atoms with Crippen LogP contribution in [-0.2, 0) is 6.54 Å². The SMILES string of the molecule is Cc1nc(CN(C)c2cc3[nH]c(=O)oc3cc2N)cs1. The lowest BCUT2D eigenvalue weighted by Gasteiger charge is -2.19. The number of rotatable bonds is 3. The number of aromatic amines is 1. The van der Waals surface area contributed by atoms with Crippen LogP contribution in [0.5, 0.6) is 0 Å². The molecule has 0 radical (unpaired) electrons. The van der Waals surface area contributed by atoms with Crippen molar-refractivity contribution in [1.82, 2.24) is 9.97 Å². The molecule has 0 amide bonds. The van der Waals surface area contributed by atoms with Crippen molar-refractivity contribution in [1.29, 1.82) is 0 Å². The number of nitrogens with two attached hydrogens (primary N) is 1. The minimum absolute atomic E-state index is 0.467. The van der Waals surface area contributed by atoms with Crippen LogP contribution in [0.2, 0.25) is 0 Å². The first kappa shape index (κ1) is 12.7. The summed E-state index contributed by atoms with van der Waals surface area (Å²) < 4.78 is 4.98.